The minimum Gasteiger partial charge on any atom is -0.496 e. The Kier molecular flexibility index (Phi) is 3.48. The Balaban J connectivity index is 3.11. The van der Waals surface area contributed by atoms with Gasteiger partial charge in [-0.1, -0.05) is 0 Å². The molecule has 0 radical (unpaired) electrons. The van der Waals surface area contributed by atoms with Gasteiger partial charge in [0.15, 0.2) is 0 Å². The fourth-order valence-corrected chi connectivity index (χ4v) is 1.11. The number of quaternary nitrogens is 1. The first kappa shape index (κ1) is 10.5. The van der Waals surface area contributed by atoms with E-state index in [4.69, 9.17) is 4.74 Å². The van der Waals surface area contributed by atoms with Crippen molar-refractivity contribution in [2.75, 3.05) is 14.2 Å². The van der Waals surface area contributed by atoms with Crippen molar-refractivity contribution >= 4 is 11.7 Å². The summed E-state index contributed by atoms with van der Waals surface area (Å²) in [6.45, 7) is 0. The van der Waals surface area contributed by atoms with E-state index in [0.29, 0.717) is 11.3 Å². The van der Waals surface area contributed by atoms with Crippen LogP contribution in [-0.4, -0.2) is 20.2 Å². The summed E-state index contributed by atoms with van der Waals surface area (Å²) >= 11 is 0. The van der Waals surface area contributed by atoms with E-state index in [1.165, 1.54) is 14.2 Å². The first-order valence-corrected chi connectivity index (χ1v) is 4.11. The zero-order chi connectivity index (χ0) is 10.6. The summed E-state index contributed by atoms with van der Waals surface area (Å²) in [6.07, 6.45) is 0. The van der Waals surface area contributed by atoms with Gasteiger partial charge in [0.1, 0.15) is 17.0 Å². The van der Waals surface area contributed by atoms with Crippen LogP contribution in [-0.2, 0) is 4.74 Å². The molecule has 0 atom stereocenters. The molecule has 0 heterocycles. The molecule has 0 saturated heterocycles. The molecule has 4 heteroatoms. The molecular formula is C10H13NO3. The maximum absolute atomic E-state index is 11.3. The third kappa shape index (κ3) is 2.03. The predicted octanol–water partition coefficient (Wildman–Crippen LogP) is 0.468. The quantitative estimate of drug-likeness (QED) is 0.433. The van der Waals surface area contributed by atoms with Crippen molar-refractivity contribution in [2.24, 2.45) is 0 Å². The van der Waals surface area contributed by atoms with E-state index in [1.54, 1.807) is 23.5 Å². The number of ether oxygens (including phenoxy) is 2. The number of hydrogen-bond acceptors (Lipinski definition) is 3. The van der Waals surface area contributed by atoms with Gasteiger partial charge in [-0.05, 0) is 12.1 Å². The first-order chi connectivity index (χ1) is 6.72. The number of benzene rings is 1. The Morgan fingerprint density at radius 2 is 2.14 bits per heavy atom. The molecule has 4 nitrogen and oxygen atoms in total. The van der Waals surface area contributed by atoms with Crippen molar-refractivity contribution in [3.05, 3.63) is 30.8 Å². The SMILES string of the molecule is [CH2-][NH2+]c1ccc(C(=O)OC)c(OC)c1. The standard InChI is InChI=1S/C10H13NO3/c1-11-7-4-5-8(10(12)14-3)9(6-7)13-2/h4-6H,1,11H2,2-3H3. The number of carbonyl (C=O) groups excluding carboxylic acids is 1. The minimum absolute atomic E-state index is 0.405. The van der Waals surface area contributed by atoms with Crippen molar-refractivity contribution in [3.63, 3.8) is 0 Å². The molecule has 1 aromatic carbocycles. The number of nitrogens with two attached hydrogens (primary N) is 1. The number of rotatable bonds is 3. The highest BCUT2D eigenvalue weighted by molar-refractivity contribution is 5.92. The fourth-order valence-electron chi connectivity index (χ4n) is 1.11. The molecule has 0 fully saturated rings. The number of esters is 1. The normalized spacial score (nSPS) is 9.64. The van der Waals surface area contributed by atoms with E-state index in [2.05, 4.69) is 11.8 Å². The van der Waals surface area contributed by atoms with Crippen molar-refractivity contribution in [1.82, 2.24) is 0 Å². The van der Waals surface area contributed by atoms with Crippen LogP contribution in [0.25, 0.3) is 0 Å². The van der Waals surface area contributed by atoms with Crippen LogP contribution in [0.15, 0.2) is 18.2 Å². The Morgan fingerprint density at radius 3 is 2.64 bits per heavy atom. The molecule has 14 heavy (non-hydrogen) atoms. The lowest BCUT2D eigenvalue weighted by Gasteiger charge is -2.08. The van der Waals surface area contributed by atoms with Crippen molar-refractivity contribution in [3.8, 4) is 5.75 Å². The third-order valence-electron chi connectivity index (χ3n) is 1.87. The molecule has 0 unspecified atom stereocenters. The molecule has 1 rings (SSSR count). The van der Waals surface area contributed by atoms with Crippen LogP contribution < -0.4 is 10.1 Å². The van der Waals surface area contributed by atoms with Crippen molar-refractivity contribution in [2.45, 2.75) is 0 Å². The van der Waals surface area contributed by atoms with Crippen LogP contribution in [0.1, 0.15) is 10.4 Å². The molecular weight excluding hydrogens is 182 g/mol. The van der Waals surface area contributed by atoms with Gasteiger partial charge < -0.3 is 14.8 Å². The van der Waals surface area contributed by atoms with E-state index in [-0.39, 0.29) is 0 Å². The lowest BCUT2D eigenvalue weighted by atomic mass is 10.2. The van der Waals surface area contributed by atoms with Crippen LogP contribution >= 0.6 is 0 Å². The first-order valence-electron chi connectivity index (χ1n) is 4.11. The third-order valence-corrected chi connectivity index (χ3v) is 1.87. The lowest BCUT2D eigenvalue weighted by Crippen LogP contribution is -2.69. The average molecular weight is 195 g/mol. The number of hydrogen-bond donors (Lipinski definition) is 1. The van der Waals surface area contributed by atoms with E-state index in [9.17, 15) is 4.79 Å². The minimum atomic E-state index is -0.405. The summed E-state index contributed by atoms with van der Waals surface area (Å²) in [5.41, 5.74) is 1.31. The average Bonchev–Trinajstić information content (AvgIpc) is 2.27. The summed E-state index contributed by atoms with van der Waals surface area (Å²) in [6, 6.07) is 5.17. The molecule has 0 spiro atoms. The second kappa shape index (κ2) is 4.62. The highest BCUT2D eigenvalue weighted by Gasteiger charge is 2.12. The highest BCUT2D eigenvalue weighted by atomic mass is 16.5. The van der Waals surface area contributed by atoms with Gasteiger partial charge in [0.2, 0.25) is 0 Å². The maximum atomic E-state index is 11.3. The monoisotopic (exact) mass is 195 g/mol. The van der Waals surface area contributed by atoms with Gasteiger partial charge >= 0.3 is 5.97 Å². The van der Waals surface area contributed by atoms with E-state index in [1.807, 2.05) is 0 Å². The summed E-state index contributed by atoms with van der Waals surface area (Å²) < 4.78 is 9.67. The Hall–Kier alpha value is -1.55. The van der Waals surface area contributed by atoms with Crippen LogP contribution in [0.2, 0.25) is 0 Å². The lowest BCUT2D eigenvalue weighted by molar-refractivity contribution is -0.504. The van der Waals surface area contributed by atoms with Crippen LogP contribution in [0, 0.1) is 7.05 Å². The van der Waals surface area contributed by atoms with Crippen molar-refractivity contribution in [1.29, 1.82) is 0 Å². The summed E-state index contributed by atoms with van der Waals surface area (Å²) in [5, 5.41) is 1.68. The zero-order valence-electron chi connectivity index (χ0n) is 8.24. The van der Waals surface area contributed by atoms with E-state index in [0.717, 1.165) is 5.69 Å². The van der Waals surface area contributed by atoms with E-state index >= 15 is 0 Å². The molecule has 0 amide bonds. The molecule has 0 aliphatic heterocycles. The fraction of sp³-hybridized carbons (Fsp3) is 0.200. The summed E-state index contributed by atoms with van der Waals surface area (Å²) in [4.78, 5) is 11.3. The zero-order valence-corrected chi connectivity index (χ0v) is 8.24. The molecule has 0 aliphatic carbocycles. The highest BCUT2D eigenvalue weighted by Crippen LogP contribution is 2.21. The van der Waals surface area contributed by atoms with Gasteiger partial charge in [-0.25, -0.2) is 4.79 Å². The topological polar surface area (TPSA) is 52.1 Å². The molecule has 1 aromatic rings. The van der Waals surface area contributed by atoms with Crippen LogP contribution in [0.5, 0.6) is 5.75 Å². The number of carbonyl (C=O) groups is 1. The second-order valence-corrected chi connectivity index (χ2v) is 2.66. The van der Waals surface area contributed by atoms with Gasteiger partial charge in [0, 0.05) is 6.07 Å². The second-order valence-electron chi connectivity index (χ2n) is 2.66. The smallest absolute Gasteiger partial charge is 0.341 e. The molecule has 0 saturated carbocycles. The van der Waals surface area contributed by atoms with Gasteiger partial charge in [0.05, 0.1) is 14.2 Å². The summed E-state index contributed by atoms with van der Waals surface area (Å²) in [5.74, 6) is 0.0895. The van der Waals surface area contributed by atoms with Gasteiger partial charge in [0.25, 0.3) is 0 Å². The molecule has 0 aromatic heterocycles. The Morgan fingerprint density at radius 1 is 1.43 bits per heavy atom. The Bertz CT molecular complexity index is 336. The van der Waals surface area contributed by atoms with Gasteiger partial charge in [-0.3, -0.25) is 0 Å². The van der Waals surface area contributed by atoms with Crippen molar-refractivity contribution < 1.29 is 19.6 Å². The van der Waals surface area contributed by atoms with E-state index < -0.39 is 5.97 Å². The molecule has 0 bridgehead atoms. The molecule has 0 aliphatic rings. The van der Waals surface area contributed by atoms with Gasteiger partial charge in [-0.15, -0.1) is 7.05 Å². The largest absolute Gasteiger partial charge is 0.496 e. The Labute approximate surface area is 82.8 Å². The van der Waals surface area contributed by atoms with Crippen LogP contribution in [0.3, 0.4) is 0 Å². The van der Waals surface area contributed by atoms with Gasteiger partial charge in [-0.2, -0.15) is 0 Å². The predicted molar refractivity (Wildman–Crippen MR) is 51.3 cm³/mol. The molecule has 76 valence electrons. The van der Waals surface area contributed by atoms with Crippen LogP contribution in [0.4, 0.5) is 5.69 Å². The summed E-state index contributed by atoms with van der Waals surface area (Å²) in [7, 11) is 6.47. The number of methoxy groups -OCH3 is 2. The molecule has 2 N–H and O–H groups in total. The maximum Gasteiger partial charge on any atom is 0.341 e.